The molecule has 1 aliphatic rings. The molecule has 29 heavy (non-hydrogen) atoms. The quantitative estimate of drug-likeness (QED) is 0.527. The molecule has 0 atom stereocenters. The molecule has 0 bridgehead atoms. The largest absolute Gasteiger partial charge is 0.493 e. The average molecular weight is 398 g/mol. The molecule has 152 valence electrons. The number of methoxy groups -OCH3 is 2. The van der Waals surface area contributed by atoms with Crippen molar-refractivity contribution in [3.05, 3.63) is 35.9 Å². The summed E-state index contributed by atoms with van der Waals surface area (Å²) < 4.78 is 21.5. The standard InChI is InChI=1S/C20H22N4O5/c1-26-16-8-13-14(9-17(16)27-2)23-20(24-19(13)21-5-6-25)22-10-12-3-4-15-18(7-12)29-11-28-15/h3-4,7-9,25H,5-6,10-11H2,1-2H3,(H2,21,22,23,24). The summed E-state index contributed by atoms with van der Waals surface area (Å²) in [5.41, 5.74) is 1.70. The number of aliphatic hydroxyl groups excluding tert-OH is 1. The molecule has 2 aromatic carbocycles. The zero-order valence-electron chi connectivity index (χ0n) is 16.2. The Morgan fingerprint density at radius 3 is 2.59 bits per heavy atom. The van der Waals surface area contributed by atoms with Crippen LogP contribution >= 0.6 is 0 Å². The van der Waals surface area contributed by atoms with Gasteiger partial charge in [0.25, 0.3) is 0 Å². The van der Waals surface area contributed by atoms with Crippen LogP contribution in [-0.2, 0) is 6.54 Å². The maximum absolute atomic E-state index is 9.19. The number of nitrogens with one attached hydrogen (secondary N) is 2. The van der Waals surface area contributed by atoms with Crippen molar-refractivity contribution < 1.29 is 24.1 Å². The van der Waals surface area contributed by atoms with Gasteiger partial charge in [-0.15, -0.1) is 0 Å². The van der Waals surface area contributed by atoms with Crippen molar-refractivity contribution in [2.75, 3.05) is 44.8 Å². The number of hydrogen-bond donors (Lipinski definition) is 3. The van der Waals surface area contributed by atoms with Crippen LogP contribution in [0.1, 0.15) is 5.56 Å². The van der Waals surface area contributed by atoms with E-state index in [0.29, 0.717) is 41.9 Å². The van der Waals surface area contributed by atoms with Gasteiger partial charge in [-0.3, -0.25) is 0 Å². The molecule has 3 N–H and O–H groups in total. The van der Waals surface area contributed by atoms with Crippen molar-refractivity contribution in [3.8, 4) is 23.0 Å². The average Bonchev–Trinajstić information content (AvgIpc) is 3.22. The van der Waals surface area contributed by atoms with Crippen LogP contribution in [-0.4, -0.2) is 49.2 Å². The molecule has 1 aliphatic heterocycles. The van der Waals surface area contributed by atoms with Gasteiger partial charge in [-0.1, -0.05) is 6.07 Å². The second-order valence-corrected chi connectivity index (χ2v) is 6.31. The monoisotopic (exact) mass is 398 g/mol. The number of rotatable bonds is 8. The van der Waals surface area contributed by atoms with E-state index >= 15 is 0 Å². The van der Waals surface area contributed by atoms with Gasteiger partial charge in [0.15, 0.2) is 23.0 Å². The van der Waals surface area contributed by atoms with Crippen molar-refractivity contribution >= 4 is 22.7 Å². The molecule has 1 aromatic heterocycles. The molecule has 9 heteroatoms. The fourth-order valence-corrected chi connectivity index (χ4v) is 3.08. The van der Waals surface area contributed by atoms with E-state index in [9.17, 15) is 5.11 Å². The summed E-state index contributed by atoms with van der Waals surface area (Å²) in [5.74, 6) is 3.67. The normalized spacial score (nSPS) is 12.1. The van der Waals surface area contributed by atoms with E-state index in [1.165, 1.54) is 0 Å². The van der Waals surface area contributed by atoms with E-state index in [2.05, 4.69) is 20.6 Å². The summed E-state index contributed by atoms with van der Waals surface area (Å²) in [7, 11) is 3.15. The number of hydrogen-bond acceptors (Lipinski definition) is 9. The van der Waals surface area contributed by atoms with Gasteiger partial charge in [0.2, 0.25) is 12.7 Å². The number of nitrogens with zero attached hydrogens (tertiary/aromatic N) is 2. The second kappa shape index (κ2) is 8.27. The predicted octanol–water partition coefficient (Wildman–Crippen LogP) is 2.39. The van der Waals surface area contributed by atoms with Crippen molar-refractivity contribution in [3.63, 3.8) is 0 Å². The summed E-state index contributed by atoms with van der Waals surface area (Å²) in [6, 6.07) is 9.38. The van der Waals surface area contributed by atoms with Crippen LogP contribution < -0.4 is 29.6 Å². The van der Waals surface area contributed by atoms with Gasteiger partial charge in [-0.25, -0.2) is 4.98 Å². The third-order valence-electron chi connectivity index (χ3n) is 4.49. The zero-order chi connectivity index (χ0) is 20.2. The van der Waals surface area contributed by atoms with Gasteiger partial charge >= 0.3 is 0 Å². The zero-order valence-corrected chi connectivity index (χ0v) is 16.2. The Labute approximate surface area is 167 Å². The highest BCUT2D eigenvalue weighted by atomic mass is 16.7. The molecule has 0 saturated carbocycles. The first-order chi connectivity index (χ1) is 14.2. The first-order valence-corrected chi connectivity index (χ1v) is 9.12. The van der Waals surface area contributed by atoms with Crippen LogP contribution in [0.5, 0.6) is 23.0 Å². The fourth-order valence-electron chi connectivity index (χ4n) is 3.08. The first-order valence-electron chi connectivity index (χ1n) is 9.12. The Kier molecular flexibility index (Phi) is 5.39. The fraction of sp³-hybridized carbons (Fsp3) is 0.300. The van der Waals surface area contributed by atoms with E-state index in [-0.39, 0.29) is 13.4 Å². The number of aliphatic hydroxyl groups is 1. The van der Waals surface area contributed by atoms with E-state index in [1.807, 2.05) is 24.3 Å². The van der Waals surface area contributed by atoms with Gasteiger partial charge in [0.05, 0.1) is 26.3 Å². The lowest BCUT2D eigenvalue weighted by Crippen LogP contribution is -2.11. The highest BCUT2D eigenvalue weighted by Crippen LogP contribution is 2.35. The minimum Gasteiger partial charge on any atom is -0.493 e. The van der Waals surface area contributed by atoms with Crippen molar-refractivity contribution in [1.82, 2.24) is 9.97 Å². The second-order valence-electron chi connectivity index (χ2n) is 6.31. The maximum Gasteiger partial charge on any atom is 0.231 e. The molecule has 0 fully saturated rings. The minimum absolute atomic E-state index is 0.0151. The molecule has 0 unspecified atom stereocenters. The molecular weight excluding hydrogens is 376 g/mol. The lowest BCUT2D eigenvalue weighted by molar-refractivity contribution is 0.174. The van der Waals surface area contributed by atoms with Gasteiger partial charge in [0, 0.05) is 24.5 Å². The van der Waals surface area contributed by atoms with Crippen LogP contribution in [0.4, 0.5) is 11.8 Å². The van der Waals surface area contributed by atoms with E-state index in [1.54, 1.807) is 20.3 Å². The summed E-state index contributed by atoms with van der Waals surface area (Å²) in [5, 5.41) is 16.3. The van der Waals surface area contributed by atoms with Crippen LogP contribution in [0.2, 0.25) is 0 Å². The summed E-state index contributed by atoms with van der Waals surface area (Å²) in [6.07, 6.45) is 0. The number of aromatic nitrogens is 2. The van der Waals surface area contributed by atoms with Gasteiger partial charge in [-0.05, 0) is 23.8 Å². The van der Waals surface area contributed by atoms with Gasteiger partial charge in [-0.2, -0.15) is 4.98 Å². The first kappa shape index (κ1) is 18.9. The lowest BCUT2D eigenvalue weighted by Gasteiger charge is -2.14. The Bertz CT molecular complexity index is 1030. The summed E-state index contributed by atoms with van der Waals surface area (Å²) >= 11 is 0. The smallest absolute Gasteiger partial charge is 0.231 e. The number of fused-ring (bicyclic) bond motifs is 2. The van der Waals surface area contributed by atoms with Crippen molar-refractivity contribution in [1.29, 1.82) is 0 Å². The van der Waals surface area contributed by atoms with Crippen molar-refractivity contribution in [2.45, 2.75) is 6.54 Å². The Morgan fingerprint density at radius 1 is 1.00 bits per heavy atom. The van der Waals surface area contributed by atoms with Gasteiger partial charge < -0.3 is 34.7 Å². The van der Waals surface area contributed by atoms with Crippen LogP contribution in [0.15, 0.2) is 30.3 Å². The SMILES string of the molecule is COc1cc2nc(NCc3ccc4c(c3)OCO4)nc(NCCO)c2cc1OC. The molecule has 2 heterocycles. The predicted molar refractivity (Wildman–Crippen MR) is 108 cm³/mol. The molecule has 0 amide bonds. The van der Waals surface area contributed by atoms with Gasteiger partial charge in [0.1, 0.15) is 5.82 Å². The van der Waals surface area contributed by atoms with E-state index in [0.717, 1.165) is 22.4 Å². The molecule has 3 aromatic rings. The molecule has 0 spiro atoms. The highest BCUT2D eigenvalue weighted by Gasteiger charge is 2.15. The van der Waals surface area contributed by atoms with Crippen molar-refractivity contribution in [2.24, 2.45) is 0 Å². The van der Waals surface area contributed by atoms with E-state index < -0.39 is 0 Å². The number of anilines is 2. The van der Waals surface area contributed by atoms with Crippen LogP contribution in [0.25, 0.3) is 10.9 Å². The third kappa shape index (κ3) is 3.90. The molecule has 0 saturated heterocycles. The number of benzene rings is 2. The Hall–Kier alpha value is -3.46. The number of ether oxygens (including phenoxy) is 4. The lowest BCUT2D eigenvalue weighted by atomic mass is 10.2. The summed E-state index contributed by atoms with van der Waals surface area (Å²) in [4.78, 5) is 9.16. The molecule has 0 radical (unpaired) electrons. The topological polar surface area (TPSA) is 107 Å². The third-order valence-corrected chi connectivity index (χ3v) is 4.49. The molecule has 9 nitrogen and oxygen atoms in total. The highest BCUT2D eigenvalue weighted by molar-refractivity contribution is 5.92. The molecular formula is C20H22N4O5. The molecule has 0 aliphatic carbocycles. The summed E-state index contributed by atoms with van der Waals surface area (Å²) in [6.45, 7) is 1.10. The Balaban J connectivity index is 1.64. The maximum atomic E-state index is 9.19. The molecule has 4 rings (SSSR count). The van der Waals surface area contributed by atoms with Crippen LogP contribution in [0, 0.1) is 0 Å². The minimum atomic E-state index is -0.0151. The Morgan fingerprint density at radius 2 is 1.79 bits per heavy atom. The van der Waals surface area contributed by atoms with Crippen LogP contribution in [0.3, 0.4) is 0 Å². The van der Waals surface area contributed by atoms with E-state index in [4.69, 9.17) is 18.9 Å².